The van der Waals surface area contributed by atoms with Crippen LogP contribution in [0.15, 0.2) is 18.2 Å². The second kappa shape index (κ2) is 4.31. The van der Waals surface area contributed by atoms with Crippen LogP contribution in [0.25, 0.3) is 0 Å². The number of halogens is 3. The Labute approximate surface area is 95.2 Å². The van der Waals surface area contributed by atoms with Crippen LogP contribution in [0.4, 0.5) is 14.5 Å². The van der Waals surface area contributed by atoms with E-state index in [0.29, 0.717) is 0 Å². The minimum Gasteiger partial charge on any atom is -0.317 e. The number of alkyl halides is 2. The Morgan fingerprint density at radius 3 is 2.56 bits per heavy atom. The van der Waals surface area contributed by atoms with Gasteiger partial charge < -0.3 is 5.73 Å². The third kappa shape index (κ3) is 2.28. The summed E-state index contributed by atoms with van der Waals surface area (Å²) in [7, 11) is 0. The molecule has 0 saturated carbocycles. The first-order valence-electron chi connectivity index (χ1n) is 4.28. The summed E-state index contributed by atoms with van der Waals surface area (Å²) in [5.74, 6) is 0. The van der Waals surface area contributed by atoms with Crippen LogP contribution in [-0.2, 0) is 5.54 Å². The highest BCUT2D eigenvalue weighted by Crippen LogP contribution is 2.33. The number of hydrogen-bond donors (Lipinski definition) is 1. The summed E-state index contributed by atoms with van der Waals surface area (Å²) in [6.07, 6.45) is -2.87. The standard InChI is InChI=1S/C9H9ClF2N2O2/c1-9(13,8(11)12)6-4-5(14(15)16)2-3-7(6)10/h2-4,8H,13H2,1H3. The molecule has 1 atom stereocenters. The highest BCUT2D eigenvalue weighted by Gasteiger charge is 2.35. The quantitative estimate of drug-likeness (QED) is 0.662. The molecule has 0 fully saturated rings. The van der Waals surface area contributed by atoms with Gasteiger partial charge in [-0.3, -0.25) is 10.1 Å². The number of nitrogens with zero attached hydrogens (tertiary/aromatic N) is 1. The number of nitrogens with two attached hydrogens (primary N) is 1. The Bertz CT molecular complexity index is 424. The van der Waals surface area contributed by atoms with Crippen LogP contribution >= 0.6 is 11.6 Å². The SMILES string of the molecule is CC(N)(c1cc([N+](=O)[O-])ccc1Cl)C(F)F. The second-order valence-corrected chi connectivity index (χ2v) is 3.91. The first kappa shape index (κ1) is 12.8. The first-order chi connectivity index (χ1) is 7.26. The fourth-order valence-electron chi connectivity index (χ4n) is 1.16. The van der Waals surface area contributed by atoms with Crippen molar-refractivity contribution < 1.29 is 13.7 Å². The molecule has 1 aromatic carbocycles. The van der Waals surface area contributed by atoms with Crippen LogP contribution in [-0.4, -0.2) is 11.3 Å². The average molecular weight is 251 g/mol. The van der Waals surface area contributed by atoms with Crippen LogP contribution in [0, 0.1) is 10.1 Å². The van der Waals surface area contributed by atoms with Gasteiger partial charge in [-0.2, -0.15) is 0 Å². The topological polar surface area (TPSA) is 69.2 Å². The third-order valence-electron chi connectivity index (χ3n) is 2.19. The van der Waals surface area contributed by atoms with Crippen molar-refractivity contribution in [1.82, 2.24) is 0 Å². The molecule has 1 rings (SSSR count). The van der Waals surface area contributed by atoms with E-state index in [4.69, 9.17) is 17.3 Å². The minimum absolute atomic E-state index is 0.0177. The third-order valence-corrected chi connectivity index (χ3v) is 2.52. The van der Waals surface area contributed by atoms with E-state index < -0.39 is 16.9 Å². The van der Waals surface area contributed by atoms with Crippen molar-refractivity contribution >= 4 is 17.3 Å². The van der Waals surface area contributed by atoms with Crippen molar-refractivity contribution in [2.45, 2.75) is 18.9 Å². The molecule has 7 heteroatoms. The average Bonchev–Trinajstić information content (AvgIpc) is 2.17. The molecule has 4 nitrogen and oxygen atoms in total. The molecule has 88 valence electrons. The largest absolute Gasteiger partial charge is 0.317 e. The van der Waals surface area contributed by atoms with E-state index in [9.17, 15) is 18.9 Å². The molecule has 16 heavy (non-hydrogen) atoms. The summed E-state index contributed by atoms with van der Waals surface area (Å²) in [6.45, 7) is 1.07. The number of benzene rings is 1. The summed E-state index contributed by atoms with van der Waals surface area (Å²) < 4.78 is 25.3. The number of nitro groups is 1. The van der Waals surface area contributed by atoms with Gasteiger partial charge in [-0.1, -0.05) is 11.6 Å². The number of hydrogen-bond acceptors (Lipinski definition) is 3. The highest BCUT2D eigenvalue weighted by molar-refractivity contribution is 6.31. The van der Waals surface area contributed by atoms with E-state index >= 15 is 0 Å². The first-order valence-corrected chi connectivity index (χ1v) is 4.66. The van der Waals surface area contributed by atoms with Gasteiger partial charge in [-0.05, 0) is 13.0 Å². The molecule has 0 radical (unpaired) electrons. The molecular formula is C9H9ClF2N2O2. The minimum atomic E-state index is -2.87. The van der Waals surface area contributed by atoms with Gasteiger partial charge in [0.1, 0.15) is 5.54 Å². The van der Waals surface area contributed by atoms with Crippen LogP contribution in [0.1, 0.15) is 12.5 Å². The Morgan fingerprint density at radius 2 is 2.12 bits per heavy atom. The summed E-state index contributed by atoms with van der Waals surface area (Å²) in [5.41, 5.74) is 2.92. The van der Waals surface area contributed by atoms with E-state index in [-0.39, 0.29) is 16.3 Å². The monoisotopic (exact) mass is 250 g/mol. The summed E-state index contributed by atoms with van der Waals surface area (Å²) >= 11 is 5.69. The predicted octanol–water partition coefficient (Wildman–Crippen LogP) is 2.69. The molecule has 0 bridgehead atoms. The molecule has 1 unspecified atom stereocenters. The van der Waals surface area contributed by atoms with Gasteiger partial charge in [0, 0.05) is 22.7 Å². The molecule has 2 N–H and O–H groups in total. The van der Waals surface area contributed by atoms with Gasteiger partial charge in [0.05, 0.1) is 4.92 Å². The van der Waals surface area contributed by atoms with E-state index in [2.05, 4.69) is 0 Å². The normalized spacial score (nSPS) is 14.9. The van der Waals surface area contributed by atoms with Gasteiger partial charge in [0.25, 0.3) is 12.1 Å². The molecular weight excluding hydrogens is 242 g/mol. The van der Waals surface area contributed by atoms with Gasteiger partial charge in [0.2, 0.25) is 0 Å². The Kier molecular flexibility index (Phi) is 3.44. The van der Waals surface area contributed by atoms with Crippen molar-refractivity contribution in [3.05, 3.63) is 38.9 Å². The zero-order valence-electron chi connectivity index (χ0n) is 8.28. The maximum absolute atomic E-state index is 12.7. The van der Waals surface area contributed by atoms with Crippen molar-refractivity contribution in [3.63, 3.8) is 0 Å². The summed E-state index contributed by atoms with van der Waals surface area (Å²) in [5, 5.41) is 10.5. The molecule has 0 amide bonds. The molecule has 0 aliphatic carbocycles. The Hall–Kier alpha value is -1.27. The van der Waals surface area contributed by atoms with E-state index in [0.717, 1.165) is 19.1 Å². The van der Waals surface area contributed by atoms with Gasteiger partial charge >= 0.3 is 0 Å². The van der Waals surface area contributed by atoms with Gasteiger partial charge in [-0.25, -0.2) is 8.78 Å². The van der Waals surface area contributed by atoms with Crippen molar-refractivity contribution in [1.29, 1.82) is 0 Å². The van der Waals surface area contributed by atoms with Gasteiger partial charge in [-0.15, -0.1) is 0 Å². The summed E-state index contributed by atoms with van der Waals surface area (Å²) in [4.78, 5) is 9.80. The fraction of sp³-hybridized carbons (Fsp3) is 0.333. The lowest BCUT2D eigenvalue weighted by Gasteiger charge is -2.24. The zero-order valence-corrected chi connectivity index (χ0v) is 9.04. The smallest absolute Gasteiger partial charge is 0.269 e. The maximum atomic E-state index is 12.7. The van der Waals surface area contributed by atoms with Crippen molar-refractivity contribution in [3.8, 4) is 0 Å². The Balaban J connectivity index is 3.32. The molecule has 0 aromatic heterocycles. The molecule has 0 saturated heterocycles. The maximum Gasteiger partial charge on any atom is 0.269 e. The lowest BCUT2D eigenvalue weighted by Crippen LogP contribution is -2.40. The number of nitro benzene ring substituents is 1. The van der Waals surface area contributed by atoms with E-state index in [1.165, 1.54) is 6.07 Å². The molecule has 0 aliphatic heterocycles. The Morgan fingerprint density at radius 1 is 1.56 bits per heavy atom. The molecule has 0 spiro atoms. The summed E-state index contributed by atoms with van der Waals surface area (Å²) in [6, 6.07) is 3.28. The van der Waals surface area contributed by atoms with Gasteiger partial charge in [0.15, 0.2) is 0 Å². The molecule has 1 aromatic rings. The number of non-ortho nitro benzene ring substituents is 1. The zero-order chi connectivity index (χ0) is 12.5. The predicted molar refractivity (Wildman–Crippen MR) is 55.6 cm³/mol. The van der Waals surface area contributed by atoms with Crippen molar-refractivity contribution in [2.24, 2.45) is 5.73 Å². The molecule has 0 heterocycles. The van der Waals surface area contributed by atoms with E-state index in [1.807, 2.05) is 0 Å². The van der Waals surface area contributed by atoms with Crippen molar-refractivity contribution in [2.75, 3.05) is 0 Å². The van der Waals surface area contributed by atoms with Crippen LogP contribution < -0.4 is 5.73 Å². The second-order valence-electron chi connectivity index (χ2n) is 3.50. The lowest BCUT2D eigenvalue weighted by atomic mass is 9.93. The fourth-order valence-corrected chi connectivity index (χ4v) is 1.48. The lowest BCUT2D eigenvalue weighted by molar-refractivity contribution is -0.385. The van der Waals surface area contributed by atoms with Crippen LogP contribution in [0.5, 0.6) is 0 Å². The van der Waals surface area contributed by atoms with E-state index in [1.54, 1.807) is 0 Å². The van der Waals surface area contributed by atoms with Crippen LogP contribution in [0.2, 0.25) is 5.02 Å². The number of rotatable bonds is 3. The molecule has 0 aliphatic rings. The van der Waals surface area contributed by atoms with Crippen LogP contribution in [0.3, 0.4) is 0 Å². The highest BCUT2D eigenvalue weighted by atomic mass is 35.5.